The van der Waals surface area contributed by atoms with E-state index in [1.54, 1.807) is 18.2 Å². The molecule has 0 aromatic heterocycles. The summed E-state index contributed by atoms with van der Waals surface area (Å²) < 4.78 is 28.4. The van der Waals surface area contributed by atoms with Crippen LogP contribution < -0.4 is 10.0 Å². The number of nitrogens with zero attached hydrogens (tertiary/aromatic N) is 1. The lowest BCUT2D eigenvalue weighted by atomic mass is 9.85. The van der Waals surface area contributed by atoms with Crippen LogP contribution in [0.4, 0.5) is 0 Å². The van der Waals surface area contributed by atoms with Crippen LogP contribution in [0.25, 0.3) is 0 Å². The third-order valence-electron chi connectivity index (χ3n) is 7.69. The van der Waals surface area contributed by atoms with Crippen molar-refractivity contribution < 1.29 is 18.3 Å². The molecular formula is C28H37N3O4S. The largest absolute Gasteiger partial charge is 0.395 e. The number of fused-ring (bicyclic) bond motifs is 1. The molecule has 1 heterocycles. The summed E-state index contributed by atoms with van der Waals surface area (Å²) in [5.41, 5.74) is 4.05. The lowest BCUT2D eigenvalue weighted by Gasteiger charge is -2.47. The Morgan fingerprint density at radius 1 is 1.08 bits per heavy atom. The van der Waals surface area contributed by atoms with Gasteiger partial charge in [0, 0.05) is 18.8 Å². The van der Waals surface area contributed by atoms with Crippen molar-refractivity contribution in [3.63, 3.8) is 0 Å². The number of aliphatic hydroxyl groups excluding tert-OH is 1. The van der Waals surface area contributed by atoms with Gasteiger partial charge in [0.25, 0.3) is 0 Å². The van der Waals surface area contributed by atoms with Gasteiger partial charge in [-0.1, -0.05) is 75.7 Å². The average Bonchev–Trinajstić information content (AvgIpc) is 3.31. The minimum absolute atomic E-state index is 0.0178. The molecule has 7 nitrogen and oxygen atoms in total. The third kappa shape index (κ3) is 5.21. The molecule has 1 saturated heterocycles. The Bertz CT molecular complexity index is 1180. The summed E-state index contributed by atoms with van der Waals surface area (Å²) in [6.45, 7) is 8.56. The second-order valence-electron chi connectivity index (χ2n) is 9.79. The van der Waals surface area contributed by atoms with E-state index in [4.69, 9.17) is 5.11 Å². The van der Waals surface area contributed by atoms with Crippen LogP contribution in [0, 0.1) is 11.8 Å². The van der Waals surface area contributed by atoms with Crippen molar-refractivity contribution in [3.05, 3.63) is 77.5 Å². The van der Waals surface area contributed by atoms with E-state index < -0.39 is 16.1 Å². The monoisotopic (exact) mass is 511 g/mol. The zero-order valence-corrected chi connectivity index (χ0v) is 21.9. The number of rotatable bonds is 10. The van der Waals surface area contributed by atoms with Crippen LogP contribution in [0.3, 0.4) is 0 Å². The smallest absolute Gasteiger partial charge is 0.243 e. The molecule has 1 amide bonds. The van der Waals surface area contributed by atoms with E-state index in [0.29, 0.717) is 5.56 Å². The number of carbonyl (C=O) groups excluding carboxylic acids is 1. The van der Waals surface area contributed by atoms with E-state index in [2.05, 4.69) is 42.6 Å². The molecule has 36 heavy (non-hydrogen) atoms. The molecule has 2 aromatic rings. The quantitative estimate of drug-likeness (QED) is 0.456. The molecule has 0 spiro atoms. The Morgan fingerprint density at radius 2 is 1.69 bits per heavy atom. The molecule has 194 valence electrons. The summed E-state index contributed by atoms with van der Waals surface area (Å²) in [5.74, 6) is 0.296. The molecule has 1 fully saturated rings. The lowest BCUT2D eigenvalue weighted by Crippen LogP contribution is -2.62. The Hall–Kier alpha value is -2.68. The fourth-order valence-corrected chi connectivity index (χ4v) is 7.03. The van der Waals surface area contributed by atoms with E-state index >= 15 is 0 Å². The van der Waals surface area contributed by atoms with Crippen molar-refractivity contribution in [2.45, 2.75) is 63.1 Å². The van der Waals surface area contributed by atoms with Crippen LogP contribution in [0.15, 0.2) is 65.7 Å². The Balaban J connectivity index is 1.68. The minimum atomic E-state index is -3.82. The maximum absolute atomic E-state index is 13.6. The first-order valence-corrected chi connectivity index (χ1v) is 14.3. The van der Waals surface area contributed by atoms with E-state index in [9.17, 15) is 13.2 Å². The molecule has 3 N–H and O–H groups in total. The maximum atomic E-state index is 13.6. The SMILES string of the molecule is C=C1[C@@H](C2Cc3ccccc3C2)NC(=O)[C@@H](C(CC)CC)N1Cc1ccccc1S(=O)(=O)NCCO. The second kappa shape index (κ2) is 11.2. The number of hydrogen-bond donors (Lipinski definition) is 3. The summed E-state index contributed by atoms with van der Waals surface area (Å²) >= 11 is 0. The van der Waals surface area contributed by atoms with Gasteiger partial charge in [-0.05, 0) is 47.4 Å². The van der Waals surface area contributed by atoms with Gasteiger partial charge in [-0.2, -0.15) is 0 Å². The topological polar surface area (TPSA) is 98.7 Å². The molecule has 0 unspecified atom stereocenters. The Kier molecular flexibility index (Phi) is 8.17. The summed E-state index contributed by atoms with van der Waals surface area (Å²) in [7, 11) is -3.82. The third-order valence-corrected chi connectivity index (χ3v) is 9.25. The Labute approximate surface area is 214 Å². The highest BCUT2D eigenvalue weighted by Gasteiger charge is 2.44. The number of benzene rings is 2. The first kappa shape index (κ1) is 26.4. The number of hydrogen-bond acceptors (Lipinski definition) is 5. The Morgan fingerprint density at radius 3 is 2.31 bits per heavy atom. The van der Waals surface area contributed by atoms with Crippen molar-refractivity contribution in [2.24, 2.45) is 11.8 Å². The van der Waals surface area contributed by atoms with E-state index in [1.165, 1.54) is 11.1 Å². The highest BCUT2D eigenvalue weighted by molar-refractivity contribution is 7.89. The van der Waals surface area contributed by atoms with Crippen molar-refractivity contribution in [1.29, 1.82) is 0 Å². The first-order chi connectivity index (χ1) is 17.3. The molecule has 4 rings (SSSR count). The van der Waals surface area contributed by atoms with Gasteiger partial charge in [0.15, 0.2) is 0 Å². The molecule has 1 aliphatic heterocycles. The van der Waals surface area contributed by atoms with Gasteiger partial charge in [0.05, 0.1) is 17.5 Å². The van der Waals surface area contributed by atoms with Gasteiger partial charge in [-0.15, -0.1) is 0 Å². The standard InChI is InChI=1S/C28H37N3O4S/c1-4-20(5-2)27-28(33)30-26(24-16-21-10-6-7-11-22(21)17-24)19(3)31(27)18-23-12-8-9-13-25(23)36(34,35)29-14-15-32/h6-13,20,24,26-27,29,32H,3-5,14-18H2,1-2H3,(H,30,33)/t26-,27+/m0/s1. The fraction of sp³-hybridized carbons (Fsp3) is 0.464. The predicted octanol–water partition coefficient (Wildman–Crippen LogP) is 2.99. The molecule has 2 atom stereocenters. The van der Waals surface area contributed by atoms with Crippen LogP contribution in [-0.2, 0) is 34.2 Å². The van der Waals surface area contributed by atoms with Gasteiger partial charge < -0.3 is 15.3 Å². The molecule has 2 aliphatic rings. The van der Waals surface area contributed by atoms with Crippen molar-refractivity contribution >= 4 is 15.9 Å². The average molecular weight is 512 g/mol. The zero-order valence-electron chi connectivity index (χ0n) is 21.1. The number of amides is 1. The molecule has 1 aliphatic carbocycles. The molecule has 0 radical (unpaired) electrons. The number of sulfonamides is 1. The normalized spacial score (nSPS) is 20.6. The van der Waals surface area contributed by atoms with Crippen molar-refractivity contribution in [2.75, 3.05) is 13.2 Å². The van der Waals surface area contributed by atoms with Gasteiger partial charge in [-0.25, -0.2) is 13.1 Å². The summed E-state index contributed by atoms with van der Waals surface area (Å²) in [6.07, 6.45) is 3.41. The zero-order chi connectivity index (χ0) is 25.9. The van der Waals surface area contributed by atoms with Gasteiger partial charge in [0.1, 0.15) is 6.04 Å². The van der Waals surface area contributed by atoms with Crippen LogP contribution in [-0.4, -0.2) is 49.6 Å². The first-order valence-electron chi connectivity index (χ1n) is 12.8. The maximum Gasteiger partial charge on any atom is 0.243 e. The van der Waals surface area contributed by atoms with E-state index in [0.717, 1.165) is 31.4 Å². The van der Waals surface area contributed by atoms with Crippen LogP contribution >= 0.6 is 0 Å². The van der Waals surface area contributed by atoms with E-state index in [-0.39, 0.29) is 48.4 Å². The van der Waals surface area contributed by atoms with Crippen LogP contribution in [0.1, 0.15) is 43.4 Å². The summed E-state index contributed by atoms with van der Waals surface area (Å²) in [5, 5.41) is 12.4. The molecule has 2 aromatic carbocycles. The number of piperazine rings is 1. The summed E-state index contributed by atoms with van der Waals surface area (Å²) in [4.78, 5) is 15.8. The fourth-order valence-electron chi connectivity index (χ4n) is 5.78. The van der Waals surface area contributed by atoms with Crippen LogP contribution in [0.5, 0.6) is 0 Å². The molecule has 8 heteroatoms. The van der Waals surface area contributed by atoms with E-state index in [1.807, 2.05) is 23.1 Å². The van der Waals surface area contributed by atoms with Gasteiger partial charge >= 0.3 is 0 Å². The predicted molar refractivity (Wildman–Crippen MR) is 141 cm³/mol. The number of carbonyl (C=O) groups is 1. The molecule has 0 bridgehead atoms. The van der Waals surface area contributed by atoms with Crippen molar-refractivity contribution in [1.82, 2.24) is 14.9 Å². The highest BCUT2D eigenvalue weighted by Crippen LogP contribution is 2.37. The van der Waals surface area contributed by atoms with Gasteiger partial charge in [-0.3, -0.25) is 4.79 Å². The number of aliphatic hydroxyl groups is 1. The minimum Gasteiger partial charge on any atom is -0.395 e. The summed E-state index contributed by atoms with van der Waals surface area (Å²) in [6, 6.07) is 14.6. The van der Waals surface area contributed by atoms with Crippen LogP contribution in [0.2, 0.25) is 0 Å². The highest BCUT2D eigenvalue weighted by atomic mass is 32.2. The van der Waals surface area contributed by atoms with Crippen molar-refractivity contribution in [3.8, 4) is 0 Å². The lowest BCUT2D eigenvalue weighted by molar-refractivity contribution is -0.132. The molecular weight excluding hydrogens is 474 g/mol. The number of nitrogens with one attached hydrogen (secondary N) is 2. The molecule has 0 saturated carbocycles. The second-order valence-corrected chi connectivity index (χ2v) is 11.5. The van der Waals surface area contributed by atoms with Gasteiger partial charge in [0.2, 0.25) is 15.9 Å².